The number of hydrogen-bond acceptors (Lipinski definition) is 4. The lowest BCUT2D eigenvalue weighted by Crippen LogP contribution is -2.32. The molecule has 4 nitrogen and oxygen atoms in total. The highest BCUT2D eigenvalue weighted by atomic mass is 19.1. The van der Waals surface area contributed by atoms with Gasteiger partial charge >= 0.3 is 0 Å². The zero-order chi connectivity index (χ0) is 13.1. The Morgan fingerprint density at radius 1 is 1.61 bits per heavy atom. The monoisotopic (exact) mass is 253 g/mol. The Kier molecular flexibility index (Phi) is 4.27. The molecular formula is C13H20FN3O. The van der Waals surface area contributed by atoms with Crippen LogP contribution >= 0.6 is 0 Å². The number of likely N-dealkylation sites (tertiary alicyclic amines) is 1. The van der Waals surface area contributed by atoms with Gasteiger partial charge in [-0.2, -0.15) is 4.39 Å². The van der Waals surface area contributed by atoms with Crippen LogP contribution in [0.2, 0.25) is 0 Å². The number of methoxy groups -OCH3 is 1. The number of halogens is 1. The zero-order valence-electron chi connectivity index (χ0n) is 10.8. The Morgan fingerprint density at radius 2 is 2.39 bits per heavy atom. The van der Waals surface area contributed by atoms with Crippen LogP contribution in [0.5, 0.6) is 0 Å². The lowest BCUT2D eigenvalue weighted by molar-refractivity contribution is 0.150. The number of pyridine rings is 1. The summed E-state index contributed by atoms with van der Waals surface area (Å²) >= 11 is 0. The molecular weight excluding hydrogens is 233 g/mol. The van der Waals surface area contributed by atoms with Gasteiger partial charge in [-0.1, -0.05) is 0 Å². The van der Waals surface area contributed by atoms with Crippen molar-refractivity contribution in [3.8, 4) is 0 Å². The molecule has 0 radical (unpaired) electrons. The van der Waals surface area contributed by atoms with Crippen molar-refractivity contribution >= 4 is 0 Å². The molecule has 0 bridgehead atoms. The Labute approximate surface area is 107 Å². The van der Waals surface area contributed by atoms with Crippen molar-refractivity contribution in [1.82, 2.24) is 9.88 Å². The summed E-state index contributed by atoms with van der Waals surface area (Å²) in [6.45, 7) is 0.721. The molecule has 0 amide bonds. The van der Waals surface area contributed by atoms with E-state index in [1.54, 1.807) is 7.11 Å². The van der Waals surface area contributed by atoms with Gasteiger partial charge in [0.05, 0.1) is 6.04 Å². The van der Waals surface area contributed by atoms with E-state index in [2.05, 4.69) is 9.88 Å². The van der Waals surface area contributed by atoms with Gasteiger partial charge in [0.1, 0.15) is 0 Å². The Morgan fingerprint density at radius 3 is 3.06 bits per heavy atom. The van der Waals surface area contributed by atoms with E-state index in [4.69, 9.17) is 10.5 Å². The second-order valence-electron chi connectivity index (χ2n) is 4.86. The van der Waals surface area contributed by atoms with Gasteiger partial charge in [-0.15, -0.1) is 0 Å². The van der Waals surface area contributed by atoms with Crippen LogP contribution < -0.4 is 5.73 Å². The minimum atomic E-state index is -0.451. The normalized spacial score (nSPS) is 28.8. The molecule has 3 atom stereocenters. The summed E-state index contributed by atoms with van der Waals surface area (Å²) < 4.78 is 18.3. The second-order valence-corrected chi connectivity index (χ2v) is 4.86. The van der Waals surface area contributed by atoms with Crippen molar-refractivity contribution < 1.29 is 9.13 Å². The lowest BCUT2D eigenvalue weighted by atomic mass is 10.0. The first kappa shape index (κ1) is 13.4. The first-order valence-corrected chi connectivity index (χ1v) is 6.21. The fourth-order valence-corrected chi connectivity index (χ4v) is 2.80. The van der Waals surface area contributed by atoms with Crippen LogP contribution in [0.4, 0.5) is 4.39 Å². The molecule has 1 aromatic heterocycles. The first-order valence-electron chi connectivity index (χ1n) is 6.21. The van der Waals surface area contributed by atoms with Gasteiger partial charge in [0.2, 0.25) is 5.95 Å². The number of aromatic nitrogens is 1. The standard InChI is InChI=1S/C13H20FN3O/c1-17-10(4-6-18-2)8-11(15)13(17)9-3-5-16-12(14)7-9/h3,5,7,10-11,13H,4,6,8,15H2,1-2H3/t10-,11-,13+/m1/s1. The number of hydrogen-bond donors (Lipinski definition) is 1. The zero-order valence-corrected chi connectivity index (χ0v) is 10.8. The van der Waals surface area contributed by atoms with Crippen LogP contribution in [-0.2, 0) is 4.74 Å². The summed E-state index contributed by atoms with van der Waals surface area (Å²) in [4.78, 5) is 5.80. The van der Waals surface area contributed by atoms with Crippen LogP contribution in [-0.4, -0.2) is 42.7 Å². The highest BCUT2D eigenvalue weighted by Gasteiger charge is 2.37. The number of likely N-dealkylation sites (N-methyl/N-ethyl adjacent to an activating group) is 1. The number of ether oxygens (including phenoxy) is 1. The van der Waals surface area contributed by atoms with Crippen molar-refractivity contribution in [2.45, 2.75) is 31.0 Å². The topological polar surface area (TPSA) is 51.4 Å². The maximum Gasteiger partial charge on any atom is 0.213 e. The molecule has 18 heavy (non-hydrogen) atoms. The van der Waals surface area contributed by atoms with Gasteiger partial charge in [-0.3, -0.25) is 4.90 Å². The largest absolute Gasteiger partial charge is 0.385 e. The van der Waals surface area contributed by atoms with E-state index < -0.39 is 5.95 Å². The van der Waals surface area contributed by atoms with E-state index in [-0.39, 0.29) is 12.1 Å². The number of nitrogens with zero attached hydrogens (tertiary/aromatic N) is 2. The summed E-state index contributed by atoms with van der Waals surface area (Å²) in [5.41, 5.74) is 7.09. The molecule has 0 aliphatic carbocycles. The second kappa shape index (κ2) is 5.73. The minimum absolute atomic E-state index is 0.0265. The molecule has 1 aliphatic heterocycles. The summed E-state index contributed by atoms with van der Waals surface area (Å²) in [5, 5.41) is 0. The third-order valence-electron chi connectivity index (χ3n) is 3.71. The number of rotatable bonds is 4. The maximum atomic E-state index is 13.2. The lowest BCUT2D eigenvalue weighted by Gasteiger charge is -2.26. The molecule has 2 rings (SSSR count). The third-order valence-corrected chi connectivity index (χ3v) is 3.71. The quantitative estimate of drug-likeness (QED) is 0.822. The van der Waals surface area contributed by atoms with Crippen LogP contribution in [0, 0.1) is 5.95 Å². The summed E-state index contributed by atoms with van der Waals surface area (Å²) in [6, 6.07) is 3.78. The van der Waals surface area contributed by atoms with Crippen molar-refractivity contribution in [1.29, 1.82) is 0 Å². The van der Waals surface area contributed by atoms with Gasteiger partial charge in [0.15, 0.2) is 0 Å². The highest BCUT2D eigenvalue weighted by molar-refractivity contribution is 5.20. The van der Waals surface area contributed by atoms with E-state index in [9.17, 15) is 4.39 Å². The molecule has 0 spiro atoms. The van der Waals surface area contributed by atoms with Gasteiger partial charge < -0.3 is 10.5 Å². The van der Waals surface area contributed by atoms with Gasteiger partial charge in [0, 0.05) is 32.0 Å². The van der Waals surface area contributed by atoms with Crippen LogP contribution in [0.25, 0.3) is 0 Å². The molecule has 0 aromatic carbocycles. The van der Waals surface area contributed by atoms with Crippen LogP contribution in [0.1, 0.15) is 24.4 Å². The van der Waals surface area contributed by atoms with E-state index in [0.717, 1.165) is 25.0 Å². The molecule has 1 aromatic rings. The first-order chi connectivity index (χ1) is 8.63. The summed E-state index contributed by atoms with van der Waals surface area (Å²) in [7, 11) is 3.74. The Balaban J connectivity index is 2.13. The summed E-state index contributed by atoms with van der Waals surface area (Å²) in [5.74, 6) is -0.451. The van der Waals surface area contributed by atoms with Crippen LogP contribution in [0.3, 0.4) is 0 Å². The molecule has 1 fully saturated rings. The van der Waals surface area contributed by atoms with Crippen molar-refractivity contribution in [2.24, 2.45) is 5.73 Å². The predicted octanol–water partition coefficient (Wildman–Crippen LogP) is 1.33. The van der Waals surface area contributed by atoms with Crippen molar-refractivity contribution in [3.63, 3.8) is 0 Å². The van der Waals surface area contributed by atoms with E-state index in [0.29, 0.717) is 6.04 Å². The third kappa shape index (κ3) is 2.68. The highest BCUT2D eigenvalue weighted by Crippen LogP contribution is 2.35. The minimum Gasteiger partial charge on any atom is -0.385 e. The summed E-state index contributed by atoms with van der Waals surface area (Å²) in [6.07, 6.45) is 3.35. The predicted molar refractivity (Wildman–Crippen MR) is 67.6 cm³/mol. The average molecular weight is 253 g/mol. The van der Waals surface area contributed by atoms with Crippen LogP contribution in [0.15, 0.2) is 18.3 Å². The fourth-order valence-electron chi connectivity index (χ4n) is 2.80. The Hall–Kier alpha value is -1.04. The van der Waals surface area contributed by atoms with E-state index in [1.807, 2.05) is 13.1 Å². The van der Waals surface area contributed by atoms with Crippen molar-refractivity contribution in [2.75, 3.05) is 20.8 Å². The molecule has 2 heterocycles. The fraction of sp³-hybridized carbons (Fsp3) is 0.615. The number of nitrogens with two attached hydrogens (primary N) is 1. The maximum absolute atomic E-state index is 13.2. The molecule has 0 unspecified atom stereocenters. The molecule has 1 saturated heterocycles. The van der Waals surface area contributed by atoms with Gasteiger partial charge in [-0.05, 0) is 37.6 Å². The molecule has 0 saturated carbocycles. The molecule has 1 aliphatic rings. The van der Waals surface area contributed by atoms with E-state index >= 15 is 0 Å². The SMILES string of the molecule is COCC[C@@H]1C[C@@H](N)[C@H](c2ccnc(F)c2)N1C. The Bertz CT molecular complexity index is 402. The van der Waals surface area contributed by atoms with Gasteiger partial charge in [0.25, 0.3) is 0 Å². The smallest absolute Gasteiger partial charge is 0.213 e. The molecule has 5 heteroatoms. The molecule has 2 N–H and O–H groups in total. The van der Waals surface area contributed by atoms with E-state index in [1.165, 1.54) is 12.3 Å². The van der Waals surface area contributed by atoms with Gasteiger partial charge in [-0.25, -0.2) is 4.98 Å². The van der Waals surface area contributed by atoms with Crippen molar-refractivity contribution in [3.05, 3.63) is 29.8 Å². The molecule has 100 valence electrons. The average Bonchev–Trinajstić information content (AvgIpc) is 2.62.